The summed E-state index contributed by atoms with van der Waals surface area (Å²) in [6, 6.07) is 4.70. The summed E-state index contributed by atoms with van der Waals surface area (Å²) in [4.78, 5) is 15.3. The van der Waals surface area contributed by atoms with Gasteiger partial charge in [0.25, 0.3) is 0 Å². The van der Waals surface area contributed by atoms with E-state index >= 15 is 0 Å². The topological polar surface area (TPSA) is 38.8 Å². The maximum absolute atomic E-state index is 12.9. The van der Waals surface area contributed by atoms with E-state index in [9.17, 15) is 4.79 Å². The molecule has 0 radical (unpaired) electrons. The number of benzene rings is 1. The molecule has 0 amide bonds. The normalized spacial score (nSPS) is 28.5. The lowest BCUT2D eigenvalue weighted by Crippen LogP contribution is -2.55. The molecule has 120 valence electrons. The zero-order chi connectivity index (χ0) is 15.9. The Morgan fingerprint density at radius 3 is 2.23 bits per heavy atom. The molecule has 4 heteroatoms. The van der Waals surface area contributed by atoms with Crippen molar-refractivity contribution in [1.82, 2.24) is 4.90 Å². The number of rotatable bonds is 3. The zero-order valence-electron chi connectivity index (χ0n) is 13.9. The summed E-state index contributed by atoms with van der Waals surface area (Å²) in [6.07, 6.45) is 1.80. The number of hydrogen-bond acceptors (Lipinski definition) is 4. The van der Waals surface area contributed by atoms with Gasteiger partial charge in [-0.3, -0.25) is 9.69 Å². The van der Waals surface area contributed by atoms with Crippen LogP contribution in [0.15, 0.2) is 12.1 Å². The van der Waals surface area contributed by atoms with E-state index in [0.29, 0.717) is 12.1 Å². The first-order valence-corrected chi connectivity index (χ1v) is 8.00. The minimum atomic E-state index is 0.113. The van der Waals surface area contributed by atoms with Gasteiger partial charge in [-0.05, 0) is 57.0 Å². The van der Waals surface area contributed by atoms with Crippen molar-refractivity contribution in [2.24, 2.45) is 5.92 Å². The standard InChI is InChI=1S/C18H25NO3/c1-11-5-13(6-12(2)18(11)21-4)17(20)14-7-15-9-22-10-16(8-14)19(15)3/h5-6,14-16H,7-10H2,1-4H3. The molecule has 2 bridgehead atoms. The van der Waals surface area contributed by atoms with Crippen molar-refractivity contribution in [3.05, 3.63) is 28.8 Å². The second kappa shape index (κ2) is 6.01. The van der Waals surface area contributed by atoms with E-state index in [1.165, 1.54) is 0 Å². The van der Waals surface area contributed by atoms with Crippen LogP contribution in [0, 0.1) is 19.8 Å². The van der Waals surface area contributed by atoms with Crippen LogP contribution in [-0.2, 0) is 4.74 Å². The number of ketones is 1. The fraction of sp³-hybridized carbons (Fsp3) is 0.611. The summed E-state index contributed by atoms with van der Waals surface area (Å²) in [7, 11) is 3.83. The molecule has 1 aromatic rings. The van der Waals surface area contributed by atoms with Gasteiger partial charge in [-0.2, -0.15) is 0 Å². The van der Waals surface area contributed by atoms with Crippen molar-refractivity contribution in [2.75, 3.05) is 27.4 Å². The molecule has 2 unspecified atom stereocenters. The fourth-order valence-electron chi connectivity index (χ4n) is 3.96. The third-order valence-electron chi connectivity index (χ3n) is 5.21. The Morgan fingerprint density at radius 2 is 1.73 bits per heavy atom. The Hall–Kier alpha value is -1.39. The van der Waals surface area contributed by atoms with Gasteiger partial charge < -0.3 is 9.47 Å². The first-order valence-electron chi connectivity index (χ1n) is 8.00. The molecule has 2 fully saturated rings. The number of nitrogens with zero attached hydrogens (tertiary/aromatic N) is 1. The second-order valence-corrected chi connectivity index (χ2v) is 6.69. The molecule has 2 heterocycles. The van der Waals surface area contributed by atoms with Crippen LogP contribution in [0.4, 0.5) is 0 Å². The summed E-state index contributed by atoms with van der Waals surface area (Å²) < 4.78 is 11.0. The lowest BCUT2D eigenvalue weighted by molar-refractivity contribution is -0.0702. The lowest BCUT2D eigenvalue weighted by atomic mass is 9.80. The van der Waals surface area contributed by atoms with Crippen molar-refractivity contribution >= 4 is 5.78 Å². The smallest absolute Gasteiger partial charge is 0.166 e. The summed E-state index contributed by atoms with van der Waals surface area (Å²) in [6.45, 7) is 5.49. The van der Waals surface area contributed by atoms with Gasteiger partial charge in [0.05, 0.1) is 20.3 Å². The molecule has 1 aromatic carbocycles. The number of fused-ring (bicyclic) bond motifs is 2. The average Bonchev–Trinajstić information content (AvgIpc) is 2.46. The van der Waals surface area contributed by atoms with E-state index in [1.807, 2.05) is 26.0 Å². The quantitative estimate of drug-likeness (QED) is 0.805. The van der Waals surface area contributed by atoms with Gasteiger partial charge >= 0.3 is 0 Å². The molecule has 2 saturated heterocycles. The number of hydrogen-bond donors (Lipinski definition) is 0. The monoisotopic (exact) mass is 303 g/mol. The van der Waals surface area contributed by atoms with Gasteiger partial charge in [0.1, 0.15) is 5.75 Å². The molecule has 2 atom stereocenters. The van der Waals surface area contributed by atoms with Gasteiger partial charge in [-0.1, -0.05) is 0 Å². The highest BCUT2D eigenvalue weighted by Gasteiger charge is 2.39. The van der Waals surface area contributed by atoms with E-state index < -0.39 is 0 Å². The molecule has 0 aliphatic carbocycles. The molecule has 2 aliphatic heterocycles. The largest absolute Gasteiger partial charge is 0.496 e. The maximum atomic E-state index is 12.9. The zero-order valence-corrected chi connectivity index (χ0v) is 13.9. The highest BCUT2D eigenvalue weighted by Crippen LogP contribution is 2.33. The molecule has 22 heavy (non-hydrogen) atoms. The van der Waals surface area contributed by atoms with Crippen LogP contribution < -0.4 is 4.74 Å². The van der Waals surface area contributed by atoms with Crippen molar-refractivity contribution in [2.45, 2.75) is 38.8 Å². The summed E-state index contributed by atoms with van der Waals surface area (Å²) in [5.74, 6) is 1.27. The van der Waals surface area contributed by atoms with Crippen molar-refractivity contribution in [3.8, 4) is 5.75 Å². The number of piperidine rings is 1. The van der Waals surface area contributed by atoms with E-state index in [2.05, 4.69) is 11.9 Å². The molecule has 0 spiro atoms. The number of ether oxygens (including phenoxy) is 2. The molecular formula is C18H25NO3. The molecule has 0 N–H and O–H groups in total. The van der Waals surface area contributed by atoms with E-state index in [-0.39, 0.29) is 11.7 Å². The Balaban J connectivity index is 1.83. The Kier molecular flexibility index (Phi) is 4.24. The Labute approximate surface area is 132 Å². The van der Waals surface area contributed by atoms with Crippen LogP contribution in [0.2, 0.25) is 0 Å². The Bertz CT molecular complexity index is 547. The van der Waals surface area contributed by atoms with Crippen molar-refractivity contribution in [1.29, 1.82) is 0 Å². The van der Waals surface area contributed by atoms with Crippen LogP contribution in [0.1, 0.15) is 34.3 Å². The highest BCUT2D eigenvalue weighted by molar-refractivity contribution is 5.98. The van der Waals surface area contributed by atoms with Crippen LogP contribution >= 0.6 is 0 Å². The number of carbonyl (C=O) groups is 1. The molecule has 4 nitrogen and oxygen atoms in total. The predicted octanol–water partition coefficient (Wildman–Crippen LogP) is 2.60. The van der Waals surface area contributed by atoms with Crippen LogP contribution in [0.25, 0.3) is 0 Å². The highest BCUT2D eigenvalue weighted by atomic mass is 16.5. The van der Waals surface area contributed by atoms with Crippen LogP contribution in [-0.4, -0.2) is 50.1 Å². The summed E-state index contributed by atoms with van der Waals surface area (Å²) in [5, 5.41) is 0. The number of aryl methyl sites for hydroxylation is 2. The molecule has 0 saturated carbocycles. The van der Waals surface area contributed by atoms with Crippen LogP contribution in [0.5, 0.6) is 5.75 Å². The van der Waals surface area contributed by atoms with Crippen molar-refractivity contribution < 1.29 is 14.3 Å². The van der Waals surface area contributed by atoms with Gasteiger partial charge in [0.15, 0.2) is 5.78 Å². The minimum absolute atomic E-state index is 0.113. The molecule has 3 rings (SSSR count). The molecule has 2 aliphatic rings. The number of Topliss-reactive ketones (excluding diaryl/α,β-unsaturated/α-hetero) is 1. The molecule has 0 aromatic heterocycles. The number of carbonyl (C=O) groups excluding carboxylic acids is 1. The van der Waals surface area contributed by atoms with Gasteiger partial charge in [-0.25, -0.2) is 0 Å². The Morgan fingerprint density at radius 1 is 1.18 bits per heavy atom. The molecular weight excluding hydrogens is 278 g/mol. The lowest BCUT2D eigenvalue weighted by Gasteiger charge is -2.46. The third kappa shape index (κ3) is 2.66. The van der Waals surface area contributed by atoms with E-state index in [1.54, 1.807) is 7.11 Å². The summed E-state index contributed by atoms with van der Waals surface area (Å²) >= 11 is 0. The van der Waals surface area contributed by atoms with Gasteiger partial charge in [0, 0.05) is 23.6 Å². The first kappa shape index (κ1) is 15.5. The average molecular weight is 303 g/mol. The van der Waals surface area contributed by atoms with Crippen LogP contribution in [0.3, 0.4) is 0 Å². The van der Waals surface area contributed by atoms with E-state index in [4.69, 9.17) is 9.47 Å². The van der Waals surface area contributed by atoms with E-state index in [0.717, 1.165) is 48.5 Å². The van der Waals surface area contributed by atoms with Gasteiger partial charge in [0.2, 0.25) is 0 Å². The number of likely N-dealkylation sites (N-methyl/N-ethyl adjacent to an activating group) is 1. The number of morpholine rings is 1. The fourth-order valence-corrected chi connectivity index (χ4v) is 3.96. The third-order valence-corrected chi connectivity index (χ3v) is 5.21. The minimum Gasteiger partial charge on any atom is -0.496 e. The SMILES string of the molecule is COc1c(C)cc(C(=O)C2CC3COCC(C2)N3C)cc1C. The maximum Gasteiger partial charge on any atom is 0.166 e. The van der Waals surface area contributed by atoms with Gasteiger partial charge in [-0.15, -0.1) is 0 Å². The first-order chi connectivity index (χ1) is 10.5. The second-order valence-electron chi connectivity index (χ2n) is 6.69. The van der Waals surface area contributed by atoms with Crippen molar-refractivity contribution in [3.63, 3.8) is 0 Å². The summed E-state index contributed by atoms with van der Waals surface area (Å²) in [5.41, 5.74) is 2.88. The predicted molar refractivity (Wildman–Crippen MR) is 85.7 cm³/mol. The number of methoxy groups -OCH3 is 1.